The fraction of sp³-hybridized carbons (Fsp3) is 0.138. The van der Waals surface area contributed by atoms with Gasteiger partial charge < -0.3 is 9.13 Å². The van der Waals surface area contributed by atoms with Crippen molar-refractivity contribution in [3.63, 3.8) is 0 Å². The molecule has 4 heteroatoms. The van der Waals surface area contributed by atoms with Crippen LogP contribution in [0.3, 0.4) is 0 Å². The minimum atomic E-state index is 0.971. The second-order valence-corrected chi connectivity index (χ2v) is 9.25. The zero-order chi connectivity index (χ0) is 22.4. The molecule has 7 rings (SSSR count). The molecule has 160 valence electrons. The van der Waals surface area contributed by atoms with Crippen LogP contribution in [0.25, 0.3) is 60.8 Å². The van der Waals surface area contributed by atoms with Gasteiger partial charge in [-0.25, -0.2) is 4.98 Å². The van der Waals surface area contributed by atoms with E-state index in [2.05, 4.69) is 114 Å². The Morgan fingerprint density at radius 3 is 2.12 bits per heavy atom. The average molecular weight is 429 g/mol. The van der Waals surface area contributed by atoms with Gasteiger partial charge in [0.15, 0.2) is 0 Å². The Morgan fingerprint density at radius 2 is 1.30 bits per heavy atom. The fourth-order valence-electron chi connectivity index (χ4n) is 5.57. The second-order valence-electron chi connectivity index (χ2n) is 9.25. The molecule has 7 aromatic rings. The number of nitrogens with zero attached hydrogens (tertiary/aromatic N) is 4. The predicted octanol–water partition coefficient (Wildman–Crippen LogP) is 6.91. The van der Waals surface area contributed by atoms with Gasteiger partial charge in [-0.15, -0.1) is 0 Å². The molecular formula is C29H24N4. The van der Waals surface area contributed by atoms with Gasteiger partial charge in [0.2, 0.25) is 5.78 Å². The van der Waals surface area contributed by atoms with Gasteiger partial charge in [-0.1, -0.05) is 42.0 Å². The van der Waals surface area contributed by atoms with E-state index in [1.807, 2.05) is 0 Å². The molecule has 0 atom stereocenters. The van der Waals surface area contributed by atoms with Crippen LogP contribution in [-0.2, 0) is 14.1 Å². The lowest BCUT2D eigenvalue weighted by Gasteiger charge is -2.07. The number of aromatic nitrogens is 4. The van der Waals surface area contributed by atoms with E-state index in [1.54, 1.807) is 0 Å². The molecule has 0 amide bonds. The first kappa shape index (κ1) is 18.5. The normalized spacial score (nSPS) is 12.2. The zero-order valence-electron chi connectivity index (χ0n) is 19.2. The molecule has 0 aliphatic rings. The van der Waals surface area contributed by atoms with E-state index in [0.717, 1.165) is 16.8 Å². The smallest absolute Gasteiger partial charge is 0.215 e. The van der Waals surface area contributed by atoms with Crippen LogP contribution in [0.5, 0.6) is 0 Å². The van der Waals surface area contributed by atoms with Gasteiger partial charge in [0, 0.05) is 41.5 Å². The van der Waals surface area contributed by atoms with Crippen LogP contribution in [0.4, 0.5) is 0 Å². The molecule has 0 spiro atoms. The van der Waals surface area contributed by atoms with Gasteiger partial charge >= 0.3 is 0 Å². The van der Waals surface area contributed by atoms with Crippen molar-refractivity contribution in [3.05, 3.63) is 83.9 Å². The van der Waals surface area contributed by atoms with E-state index < -0.39 is 0 Å². The fourth-order valence-corrected chi connectivity index (χ4v) is 5.57. The summed E-state index contributed by atoms with van der Waals surface area (Å²) in [6, 6.07) is 26.5. The summed E-state index contributed by atoms with van der Waals surface area (Å²) in [6.45, 7) is 4.31. The molecule has 3 heterocycles. The minimum Gasteiger partial charge on any atom is -0.344 e. The maximum atomic E-state index is 5.19. The molecule has 4 aromatic carbocycles. The Labute approximate surface area is 191 Å². The van der Waals surface area contributed by atoms with Crippen molar-refractivity contribution in [2.45, 2.75) is 13.8 Å². The first-order chi connectivity index (χ1) is 16.0. The summed E-state index contributed by atoms with van der Waals surface area (Å²) in [5, 5.41) is 2.59. The number of hydrogen-bond acceptors (Lipinski definition) is 1. The molecule has 3 aromatic heterocycles. The van der Waals surface area contributed by atoms with Gasteiger partial charge in [-0.3, -0.25) is 4.40 Å². The third-order valence-electron chi connectivity index (χ3n) is 7.18. The van der Waals surface area contributed by atoms with Crippen LogP contribution in [0.2, 0.25) is 0 Å². The summed E-state index contributed by atoms with van der Waals surface area (Å²) < 4.78 is 6.79. The third kappa shape index (κ3) is 2.33. The van der Waals surface area contributed by atoms with Crippen molar-refractivity contribution in [2.24, 2.45) is 14.1 Å². The maximum Gasteiger partial charge on any atom is 0.215 e. The summed E-state index contributed by atoms with van der Waals surface area (Å²) in [6.07, 6.45) is 0. The summed E-state index contributed by atoms with van der Waals surface area (Å²) in [5.74, 6) is 0.971. The third-order valence-corrected chi connectivity index (χ3v) is 7.18. The molecular weight excluding hydrogens is 404 g/mol. The summed E-state index contributed by atoms with van der Waals surface area (Å²) in [7, 11) is 4.26. The van der Waals surface area contributed by atoms with E-state index in [4.69, 9.17) is 4.98 Å². The number of imidazole rings is 2. The van der Waals surface area contributed by atoms with E-state index in [0.29, 0.717) is 0 Å². The highest BCUT2D eigenvalue weighted by molar-refractivity contribution is 6.17. The first-order valence-corrected chi connectivity index (χ1v) is 11.4. The molecule has 0 saturated carbocycles. The predicted molar refractivity (Wildman–Crippen MR) is 138 cm³/mol. The highest BCUT2D eigenvalue weighted by Gasteiger charge is 2.19. The molecule has 0 aliphatic carbocycles. The monoisotopic (exact) mass is 428 g/mol. The van der Waals surface area contributed by atoms with E-state index in [1.165, 1.54) is 55.1 Å². The molecule has 0 radical (unpaired) electrons. The summed E-state index contributed by atoms with van der Waals surface area (Å²) >= 11 is 0. The Hall–Kier alpha value is -4.05. The topological polar surface area (TPSA) is 27.2 Å². The Kier molecular flexibility index (Phi) is 3.51. The van der Waals surface area contributed by atoms with Crippen molar-refractivity contribution >= 4 is 49.7 Å². The average Bonchev–Trinajstić information content (AvgIpc) is 3.43. The molecule has 0 N–H and O–H groups in total. The maximum absolute atomic E-state index is 5.19. The van der Waals surface area contributed by atoms with Gasteiger partial charge in [-0.2, -0.15) is 0 Å². The van der Waals surface area contributed by atoms with Crippen molar-refractivity contribution < 1.29 is 0 Å². The van der Waals surface area contributed by atoms with Crippen molar-refractivity contribution in [1.29, 1.82) is 0 Å². The number of rotatable bonds is 1. The molecule has 0 fully saturated rings. The SMILES string of the molecule is Cc1ccc2c(c1)c1c(-c3cccc4c3nc3n(C)c5ccc(C)cc5n43)cccc1n2C. The Balaban J connectivity index is 1.64. The van der Waals surface area contributed by atoms with Gasteiger partial charge in [-0.05, 0) is 61.4 Å². The van der Waals surface area contributed by atoms with E-state index >= 15 is 0 Å². The molecule has 0 aliphatic heterocycles. The standard InChI is InChI=1S/C29H24N4/c1-17-11-13-22-21(15-17)27-19(7-5-9-24(27)31(22)3)20-8-6-10-25-28(20)30-29-32(4)23-14-12-18(2)16-26(23)33(25)29/h5-16H,1-4H3. The van der Waals surface area contributed by atoms with Gasteiger partial charge in [0.05, 0.1) is 22.1 Å². The number of benzene rings is 4. The van der Waals surface area contributed by atoms with Crippen LogP contribution < -0.4 is 0 Å². The van der Waals surface area contributed by atoms with Crippen molar-refractivity contribution in [1.82, 2.24) is 18.5 Å². The van der Waals surface area contributed by atoms with E-state index in [-0.39, 0.29) is 0 Å². The number of aryl methyl sites for hydroxylation is 4. The lowest BCUT2D eigenvalue weighted by Crippen LogP contribution is -1.89. The molecule has 4 nitrogen and oxygen atoms in total. The quantitative estimate of drug-likeness (QED) is 0.279. The summed E-state index contributed by atoms with van der Waals surface area (Å²) in [5.41, 5.74) is 12.0. The highest BCUT2D eigenvalue weighted by atomic mass is 15.2. The second kappa shape index (κ2) is 6.26. The lowest BCUT2D eigenvalue weighted by molar-refractivity contribution is 0.973. The number of hydrogen-bond donors (Lipinski definition) is 0. The van der Waals surface area contributed by atoms with Crippen LogP contribution in [0.15, 0.2) is 72.8 Å². The van der Waals surface area contributed by atoms with Crippen molar-refractivity contribution in [3.8, 4) is 11.1 Å². The summed E-state index contributed by atoms with van der Waals surface area (Å²) in [4.78, 5) is 5.19. The van der Waals surface area contributed by atoms with E-state index in [9.17, 15) is 0 Å². The number of para-hydroxylation sites is 1. The largest absolute Gasteiger partial charge is 0.344 e. The van der Waals surface area contributed by atoms with Crippen LogP contribution >= 0.6 is 0 Å². The first-order valence-electron chi connectivity index (χ1n) is 11.4. The van der Waals surface area contributed by atoms with Crippen LogP contribution in [0.1, 0.15) is 11.1 Å². The van der Waals surface area contributed by atoms with Crippen molar-refractivity contribution in [2.75, 3.05) is 0 Å². The highest BCUT2D eigenvalue weighted by Crippen LogP contribution is 2.39. The lowest BCUT2D eigenvalue weighted by atomic mass is 9.98. The Morgan fingerprint density at radius 1 is 0.606 bits per heavy atom. The Bertz CT molecular complexity index is 1910. The molecule has 0 unspecified atom stereocenters. The van der Waals surface area contributed by atoms with Crippen LogP contribution in [0, 0.1) is 13.8 Å². The zero-order valence-corrected chi connectivity index (χ0v) is 19.2. The molecule has 0 bridgehead atoms. The minimum absolute atomic E-state index is 0.971. The molecule has 0 saturated heterocycles. The van der Waals surface area contributed by atoms with Gasteiger partial charge in [0.1, 0.15) is 0 Å². The van der Waals surface area contributed by atoms with Gasteiger partial charge in [0.25, 0.3) is 0 Å². The molecule has 33 heavy (non-hydrogen) atoms. The number of fused-ring (bicyclic) bond motifs is 8. The van der Waals surface area contributed by atoms with Crippen LogP contribution in [-0.4, -0.2) is 18.5 Å².